The van der Waals surface area contributed by atoms with Crippen molar-refractivity contribution in [1.29, 1.82) is 0 Å². The van der Waals surface area contributed by atoms with E-state index in [1.165, 1.54) is 4.90 Å². The highest BCUT2D eigenvalue weighted by Gasteiger charge is 2.12. The number of carbonyl (C=O) groups is 1. The standard InChI is InChI=1S/C14H14BrN3O/c1-18(13-9-12(16)6-7-17-13)14(19)8-10-2-4-11(15)5-3-10/h2-7,9H,8H2,1H3,(H2,16,17). The van der Waals surface area contributed by atoms with Crippen LogP contribution in [0.1, 0.15) is 5.56 Å². The Kier molecular flexibility index (Phi) is 4.16. The van der Waals surface area contributed by atoms with Crippen LogP contribution in [-0.2, 0) is 11.2 Å². The van der Waals surface area contributed by atoms with Gasteiger partial charge in [0.15, 0.2) is 0 Å². The van der Waals surface area contributed by atoms with Crippen molar-refractivity contribution in [3.05, 3.63) is 52.6 Å². The van der Waals surface area contributed by atoms with Crippen LogP contribution in [0.2, 0.25) is 0 Å². The number of benzene rings is 1. The van der Waals surface area contributed by atoms with E-state index < -0.39 is 0 Å². The lowest BCUT2D eigenvalue weighted by molar-refractivity contribution is -0.117. The molecule has 0 aliphatic heterocycles. The number of nitrogens with zero attached hydrogens (tertiary/aromatic N) is 2. The first-order valence-corrected chi connectivity index (χ1v) is 6.58. The lowest BCUT2D eigenvalue weighted by atomic mass is 10.1. The number of carbonyl (C=O) groups excluding carboxylic acids is 1. The summed E-state index contributed by atoms with van der Waals surface area (Å²) in [5.74, 6) is 0.530. The number of nitrogens with two attached hydrogens (primary N) is 1. The summed E-state index contributed by atoms with van der Waals surface area (Å²) >= 11 is 3.37. The highest BCUT2D eigenvalue weighted by Crippen LogP contribution is 2.15. The van der Waals surface area contributed by atoms with Crippen molar-refractivity contribution in [3.63, 3.8) is 0 Å². The molecule has 2 N–H and O–H groups in total. The minimum atomic E-state index is -0.0274. The number of nitrogen functional groups attached to an aromatic ring is 1. The molecule has 0 spiro atoms. The van der Waals surface area contributed by atoms with Crippen LogP contribution in [0, 0.1) is 0 Å². The number of amides is 1. The van der Waals surface area contributed by atoms with Crippen LogP contribution >= 0.6 is 15.9 Å². The van der Waals surface area contributed by atoms with Gasteiger partial charge < -0.3 is 5.73 Å². The second-order valence-corrected chi connectivity index (χ2v) is 5.12. The molecule has 0 atom stereocenters. The highest BCUT2D eigenvalue weighted by molar-refractivity contribution is 9.10. The molecule has 0 aliphatic rings. The smallest absolute Gasteiger partial charge is 0.232 e. The number of hydrogen-bond acceptors (Lipinski definition) is 3. The van der Waals surface area contributed by atoms with Gasteiger partial charge in [0.05, 0.1) is 6.42 Å². The van der Waals surface area contributed by atoms with Crippen LogP contribution < -0.4 is 10.6 Å². The SMILES string of the molecule is CN(C(=O)Cc1ccc(Br)cc1)c1cc(N)ccn1. The molecule has 1 heterocycles. The van der Waals surface area contributed by atoms with E-state index in [-0.39, 0.29) is 5.91 Å². The van der Waals surface area contributed by atoms with Crippen molar-refractivity contribution < 1.29 is 4.79 Å². The Hall–Kier alpha value is -1.88. The molecule has 0 radical (unpaired) electrons. The van der Waals surface area contributed by atoms with Crippen molar-refractivity contribution in [2.24, 2.45) is 0 Å². The third-order valence-electron chi connectivity index (χ3n) is 2.76. The van der Waals surface area contributed by atoms with Gasteiger partial charge >= 0.3 is 0 Å². The number of halogens is 1. The van der Waals surface area contributed by atoms with Crippen LogP contribution in [-0.4, -0.2) is 17.9 Å². The van der Waals surface area contributed by atoms with Crippen LogP contribution in [0.4, 0.5) is 11.5 Å². The van der Waals surface area contributed by atoms with Crippen molar-refractivity contribution >= 4 is 33.3 Å². The molecule has 5 heteroatoms. The summed E-state index contributed by atoms with van der Waals surface area (Å²) in [7, 11) is 1.70. The van der Waals surface area contributed by atoms with E-state index in [0.717, 1.165) is 10.0 Å². The molecule has 2 rings (SSSR count). The Labute approximate surface area is 120 Å². The minimum absolute atomic E-state index is 0.0274. The molecule has 1 aromatic carbocycles. The van der Waals surface area contributed by atoms with E-state index in [9.17, 15) is 4.79 Å². The van der Waals surface area contributed by atoms with Gasteiger partial charge in [0.25, 0.3) is 0 Å². The first-order valence-electron chi connectivity index (χ1n) is 5.79. The summed E-state index contributed by atoms with van der Waals surface area (Å²) in [6.07, 6.45) is 1.92. The molecule has 1 amide bonds. The van der Waals surface area contributed by atoms with Gasteiger partial charge in [-0.3, -0.25) is 9.69 Å². The summed E-state index contributed by atoms with van der Waals surface area (Å²) in [6.45, 7) is 0. The van der Waals surface area contributed by atoms with Crippen molar-refractivity contribution in [1.82, 2.24) is 4.98 Å². The first-order chi connectivity index (χ1) is 9.06. The van der Waals surface area contributed by atoms with Gasteiger partial charge in [0.2, 0.25) is 5.91 Å². The normalized spacial score (nSPS) is 10.2. The Morgan fingerprint density at radius 2 is 2.00 bits per heavy atom. The zero-order valence-electron chi connectivity index (χ0n) is 10.5. The number of hydrogen-bond donors (Lipinski definition) is 1. The minimum Gasteiger partial charge on any atom is -0.399 e. The van der Waals surface area contributed by atoms with Gasteiger partial charge in [0, 0.05) is 29.5 Å². The Bertz CT molecular complexity index is 583. The van der Waals surface area contributed by atoms with E-state index >= 15 is 0 Å². The first kappa shape index (κ1) is 13.5. The molecule has 98 valence electrons. The Balaban J connectivity index is 2.09. The second-order valence-electron chi connectivity index (χ2n) is 4.20. The molecule has 0 aliphatic carbocycles. The quantitative estimate of drug-likeness (QED) is 0.946. The van der Waals surface area contributed by atoms with Crippen LogP contribution in [0.15, 0.2) is 47.1 Å². The largest absolute Gasteiger partial charge is 0.399 e. The Morgan fingerprint density at radius 1 is 1.32 bits per heavy atom. The van der Waals surface area contributed by atoms with Crippen molar-refractivity contribution in [2.45, 2.75) is 6.42 Å². The fourth-order valence-electron chi connectivity index (χ4n) is 1.64. The third kappa shape index (κ3) is 3.54. The summed E-state index contributed by atoms with van der Waals surface area (Å²) in [6, 6.07) is 11.0. The van der Waals surface area contributed by atoms with Gasteiger partial charge in [-0.1, -0.05) is 28.1 Å². The predicted molar refractivity (Wildman–Crippen MR) is 79.9 cm³/mol. The summed E-state index contributed by atoms with van der Waals surface area (Å²) in [5, 5.41) is 0. The zero-order valence-corrected chi connectivity index (χ0v) is 12.1. The average molecular weight is 320 g/mol. The molecule has 0 unspecified atom stereocenters. The molecule has 0 fully saturated rings. The summed E-state index contributed by atoms with van der Waals surface area (Å²) < 4.78 is 0.995. The maximum atomic E-state index is 12.1. The molecule has 2 aromatic rings. The lowest BCUT2D eigenvalue weighted by Gasteiger charge is -2.16. The van der Waals surface area contributed by atoms with Crippen LogP contribution in [0.25, 0.3) is 0 Å². The van der Waals surface area contributed by atoms with E-state index in [0.29, 0.717) is 17.9 Å². The molecular formula is C14H14BrN3O. The van der Waals surface area contributed by atoms with Gasteiger partial charge in [-0.05, 0) is 23.8 Å². The highest BCUT2D eigenvalue weighted by atomic mass is 79.9. The van der Waals surface area contributed by atoms with Crippen molar-refractivity contribution in [3.8, 4) is 0 Å². The fraction of sp³-hybridized carbons (Fsp3) is 0.143. The molecule has 1 aromatic heterocycles. The topological polar surface area (TPSA) is 59.2 Å². The molecule has 19 heavy (non-hydrogen) atoms. The van der Waals surface area contributed by atoms with Gasteiger partial charge in [-0.25, -0.2) is 4.98 Å². The zero-order chi connectivity index (χ0) is 13.8. The van der Waals surface area contributed by atoms with E-state index in [1.54, 1.807) is 25.4 Å². The maximum Gasteiger partial charge on any atom is 0.232 e. The second kappa shape index (κ2) is 5.84. The number of likely N-dealkylation sites (N-methyl/N-ethyl adjacent to an activating group) is 1. The molecule has 0 bridgehead atoms. The summed E-state index contributed by atoms with van der Waals surface area (Å²) in [5.41, 5.74) is 7.24. The monoisotopic (exact) mass is 319 g/mol. The summed E-state index contributed by atoms with van der Waals surface area (Å²) in [4.78, 5) is 17.8. The lowest BCUT2D eigenvalue weighted by Crippen LogP contribution is -2.28. The number of anilines is 2. The number of pyridine rings is 1. The predicted octanol–water partition coefficient (Wildman–Crippen LogP) is 2.63. The maximum absolute atomic E-state index is 12.1. The number of aromatic nitrogens is 1. The fourth-order valence-corrected chi connectivity index (χ4v) is 1.91. The van der Waals surface area contributed by atoms with E-state index in [1.807, 2.05) is 24.3 Å². The van der Waals surface area contributed by atoms with Crippen LogP contribution in [0.3, 0.4) is 0 Å². The van der Waals surface area contributed by atoms with E-state index in [4.69, 9.17) is 5.73 Å². The molecule has 4 nitrogen and oxygen atoms in total. The van der Waals surface area contributed by atoms with Crippen molar-refractivity contribution in [2.75, 3.05) is 17.7 Å². The average Bonchev–Trinajstić information content (AvgIpc) is 2.40. The van der Waals surface area contributed by atoms with Crippen LogP contribution in [0.5, 0.6) is 0 Å². The van der Waals surface area contributed by atoms with Gasteiger partial charge in [0.1, 0.15) is 5.82 Å². The number of rotatable bonds is 3. The van der Waals surface area contributed by atoms with Gasteiger partial charge in [-0.2, -0.15) is 0 Å². The Morgan fingerprint density at radius 3 is 2.63 bits per heavy atom. The molecule has 0 saturated carbocycles. The third-order valence-corrected chi connectivity index (χ3v) is 3.28. The molecule has 0 saturated heterocycles. The van der Waals surface area contributed by atoms with E-state index in [2.05, 4.69) is 20.9 Å². The van der Waals surface area contributed by atoms with Gasteiger partial charge in [-0.15, -0.1) is 0 Å². The molecular weight excluding hydrogens is 306 g/mol.